The predicted octanol–water partition coefficient (Wildman–Crippen LogP) is 5.21. The van der Waals surface area contributed by atoms with E-state index in [2.05, 4.69) is 4.98 Å². The van der Waals surface area contributed by atoms with E-state index in [-0.39, 0.29) is 41.0 Å². The van der Waals surface area contributed by atoms with Crippen LogP contribution in [0.2, 0.25) is 0 Å². The monoisotopic (exact) mass is 474 g/mol. The van der Waals surface area contributed by atoms with Gasteiger partial charge in [0.1, 0.15) is 29.5 Å². The van der Waals surface area contributed by atoms with Crippen molar-refractivity contribution in [1.29, 1.82) is 0 Å². The number of fused-ring (bicyclic) bond motifs is 1. The third-order valence-corrected chi connectivity index (χ3v) is 5.81. The second kappa shape index (κ2) is 11.2. The van der Waals surface area contributed by atoms with Gasteiger partial charge in [-0.05, 0) is 31.6 Å². The summed E-state index contributed by atoms with van der Waals surface area (Å²) in [7, 11) is 1.47. The van der Waals surface area contributed by atoms with Gasteiger partial charge in [0.25, 0.3) is 12.4 Å². The summed E-state index contributed by atoms with van der Waals surface area (Å²) in [5.41, 5.74) is -0.455. The van der Waals surface area contributed by atoms with E-state index >= 15 is 0 Å². The average Bonchev–Trinajstić information content (AvgIpc) is 3.11. The predicted molar refractivity (Wildman–Crippen MR) is 114 cm³/mol. The molecule has 33 heavy (non-hydrogen) atoms. The molecule has 1 heterocycles. The number of imidazole rings is 1. The van der Waals surface area contributed by atoms with Crippen LogP contribution in [0.4, 0.5) is 17.6 Å². The molecule has 184 valence electrons. The maximum atomic E-state index is 14.8. The van der Waals surface area contributed by atoms with E-state index in [1.807, 2.05) is 13.8 Å². The fourth-order valence-corrected chi connectivity index (χ4v) is 3.98. The quantitative estimate of drug-likeness (QED) is 0.419. The van der Waals surface area contributed by atoms with Gasteiger partial charge in [-0.15, -0.1) is 0 Å². The molecule has 0 saturated heterocycles. The molecule has 6 nitrogen and oxygen atoms in total. The van der Waals surface area contributed by atoms with Crippen LogP contribution in [0.25, 0.3) is 11.0 Å². The number of alkyl halides is 2. The molecule has 1 aromatic carbocycles. The topological polar surface area (TPSA) is 62.6 Å². The fourth-order valence-electron chi connectivity index (χ4n) is 3.98. The van der Waals surface area contributed by atoms with E-state index in [9.17, 15) is 22.4 Å². The number of ketones is 1. The van der Waals surface area contributed by atoms with Crippen molar-refractivity contribution in [3.05, 3.63) is 17.7 Å². The molecule has 1 aliphatic carbocycles. The van der Waals surface area contributed by atoms with Gasteiger partial charge >= 0.3 is 0 Å². The van der Waals surface area contributed by atoms with Crippen LogP contribution in [0, 0.1) is 17.6 Å². The van der Waals surface area contributed by atoms with E-state index < -0.39 is 30.4 Å². The number of rotatable bonds is 11. The maximum Gasteiger partial charge on any atom is 0.297 e. The summed E-state index contributed by atoms with van der Waals surface area (Å²) in [5, 5.41) is 0. The lowest BCUT2D eigenvalue weighted by molar-refractivity contribution is -0.120. The molecule has 1 aromatic heterocycles. The molecule has 0 spiro atoms. The molecular formula is C23H30F4N2O4. The molecule has 0 unspecified atom stereocenters. The smallest absolute Gasteiger partial charge is 0.297 e. The Morgan fingerprint density at radius 1 is 1.18 bits per heavy atom. The SMILES string of the molecule is CCC(=O)C[C@@H](C)COC1CCC(Oc2nc3c(F)cc(OCC(F)F)c(F)c3n2C)CC1. The van der Waals surface area contributed by atoms with Gasteiger partial charge in [-0.1, -0.05) is 13.8 Å². The fraction of sp³-hybridized carbons (Fsp3) is 0.652. The van der Waals surface area contributed by atoms with Gasteiger partial charge in [0, 0.05) is 32.6 Å². The van der Waals surface area contributed by atoms with Gasteiger partial charge < -0.3 is 14.2 Å². The molecule has 1 aliphatic rings. The van der Waals surface area contributed by atoms with Crippen molar-refractivity contribution in [2.75, 3.05) is 13.2 Å². The zero-order valence-corrected chi connectivity index (χ0v) is 19.1. The summed E-state index contributed by atoms with van der Waals surface area (Å²) >= 11 is 0. The molecule has 1 atom stereocenters. The van der Waals surface area contributed by atoms with Gasteiger partial charge in [0.15, 0.2) is 17.4 Å². The Kier molecular flexibility index (Phi) is 8.56. The number of hydrogen-bond acceptors (Lipinski definition) is 5. The van der Waals surface area contributed by atoms with Crippen LogP contribution in [0.1, 0.15) is 52.4 Å². The minimum Gasteiger partial charge on any atom is -0.484 e. The van der Waals surface area contributed by atoms with Crippen molar-refractivity contribution in [3.63, 3.8) is 0 Å². The number of halogens is 4. The molecular weight excluding hydrogens is 444 g/mol. The zero-order valence-electron chi connectivity index (χ0n) is 19.1. The summed E-state index contributed by atoms with van der Waals surface area (Å²) < 4.78 is 71.8. The van der Waals surface area contributed by atoms with E-state index in [1.54, 1.807) is 0 Å². The van der Waals surface area contributed by atoms with Gasteiger partial charge in [-0.2, -0.15) is 4.98 Å². The number of benzene rings is 1. The van der Waals surface area contributed by atoms with Crippen LogP contribution in [0.3, 0.4) is 0 Å². The minimum atomic E-state index is -2.81. The van der Waals surface area contributed by atoms with E-state index in [0.29, 0.717) is 38.4 Å². The maximum absolute atomic E-state index is 14.8. The van der Waals surface area contributed by atoms with Gasteiger partial charge in [-0.3, -0.25) is 9.36 Å². The first kappa shape index (κ1) is 25.3. The second-order valence-electron chi connectivity index (χ2n) is 8.57. The normalized spacial score (nSPS) is 19.8. The zero-order chi connectivity index (χ0) is 24.1. The van der Waals surface area contributed by atoms with Crippen molar-refractivity contribution in [3.8, 4) is 11.8 Å². The molecule has 0 bridgehead atoms. The lowest BCUT2D eigenvalue weighted by Crippen LogP contribution is -2.30. The Bertz CT molecular complexity index is 958. The molecule has 3 rings (SSSR count). The highest BCUT2D eigenvalue weighted by molar-refractivity contribution is 5.80. The van der Waals surface area contributed by atoms with Crippen LogP contribution in [0.5, 0.6) is 11.8 Å². The molecule has 0 N–H and O–H groups in total. The number of aromatic nitrogens is 2. The summed E-state index contributed by atoms with van der Waals surface area (Å²) in [5.74, 6) is -2.04. The summed E-state index contributed by atoms with van der Waals surface area (Å²) in [6, 6.07) is 0.763. The molecule has 2 aromatic rings. The number of carbonyl (C=O) groups excluding carboxylic acids is 1. The highest BCUT2D eigenvalue weighted by Crippen LogP contribution is 2.33. The summed E-state index contributed by atoms with van der Waals surface area (Å²) in [6.45, 7) is 3.34. The Hall–Kier alpha value is -2.36. The minimum absolute atomic E-state index is 0.0462. The summed E-state index contributed by atoms with van der Waals surface area (Å²) in [4.78, 5) is 15.6. The number of carbonyl (C=O) groups is 1. The van der Waals surface area contributed by atoms with E-state index in [1.165, 1.54) is 11.6 Å². The molecule has 1 fully saturated rings. The Morgan fingerprint density at radius 3 is 2.48 bits per heavy atom. The molecule has 0 radical (unpaired) electrons. The van der Waals surface area contributed by atoms with Crippen molar-refractivity contribution >= 4 is 16.8 Å². The molecule has 0 amide bonds. The number of ether oxygens (including phenoxy) is 3. The largest absolute Gasteiger partial charge is 0.484 e. The molecule has 0 aliphatic heterocycles. The first-order valence-electron chi connectivity index (χ1n) is 11.2. The third-order valence-electron chi connectivity index (χ3n) is 5.81. The highest BCUT2D eigenvalue weighted by atomic mass is 19.3. The first-order chi connectivity index (χ1) is 15.7. The number of aryl methyl sites for hydroxylation is 1. The highest BCUT2D eigenvalue weighted by Gasteiger charge is 2.27. The van der Waals surface area contributed by atoms with Gasteiger partial charge in [0.2, 0.25) is 0 Å². The van der Waals surface area contributed by atoms with Crippen LogP contribution in [-0.4, -0.2) is 47.2 Å². The Labute approximate surface area is 190 Å². The van der Waals surface area contributed by atoms with Crippen LogP contribution in [-0.2, 0) is 16.6 Å². The number of hydrogen-bond donors (Lipinski definition) is 0. The van der Waals surface area contributed by atoms with Crippen molar-refractivity contribution in [2.24, 2.45) is 13.0 Å². The summed E-state index contributed by atoms with van der Waals surface area (Å²) in [6.07, 6.45) is 1.02. The Balaban J connectivity index is 1.59. The lowest BCUT2D eigenvalue weighted by Gasteiger charge is -2.29. The van der Waals surface area contributed by atoms with Gasteiger partial charge in [0.05, 0.1) is 6.10 Å². The Morgan fingerprint density at radius 2 is 1.85 bits per heavy atom. The number of Topliss-reactive ketones (excluding diaryl/α,β-unsaturated/α-hetero) is 1. The average molecular weight is 474 g/mol. The standard InChI is InChI=1S/C23H30F4N2O4/c1-4-14(30)9-13(2)11-31-15-5-7-16(8-6-15)33-23-28-21-17(24)10-18(32-12-19(25)26)20(27)22(21)29(23)3/h10,13,15-16,19H,4-9,11-12H2,1-3H3/t13-,15?,16?/m1/s1. The van der Waals surface area contributed by atoms with Crippen molar-refractivity contribution in [2.45, 2.75) is 71.0 Å². The third kappa shape index (κ3) is 6.37. The van der Waals surface area contributed by atoms with E-state index in [0.717, 1.165) is 12.8 Å². The van der Waals surface area contributed by atoms with Crippen LogP contribution in [0.15, 0.2) is 6.07 Å². The van der Waals surface area contributed by atoms with Crippen LogP contribution < -0.4 is 9.47 Å². The molecule has 1 saturated carbocycles. The van der Waals surface area contributed by atoms with Crippen molar-refractivity contribution in [1.82, 2.24) is 9.55 Å². The van der Waals surface area contributed by atoms with Crippen LogP contribution >= 0.6 is 0 Å². The second-order valence-corrected chi connectivity index (χ2v) is 8.57. The van der Waals surface area contributed by atoms with Crippen molar-refractivity contribution < 1.29 is 36.6 Å². The first-order valence-corrected chi connectivity index (χ1v) is 11.2. The lowest BCUT2D eigenvalue weighted by atomic mass is 9.94. The van der Waals surface area contributed by atoms with E-state index in [4.69, 9.17) is 14.2 Å². The van der Waals surface area contributed by atoms with Gasteiger partial charge in [-0.25, -0.2) is 17.6 Å². The molecule has 10 heteroatoms. The number of nitrogens with zero attached hydrogens (tertiary/aromatic N) is 2.